The summed E-state index contributed by atoms with van der Waals surface area (Å²) in [6.45, 7) is 0.731. The van der Waals surface area contributed by atoms with Crippen molar-refractivity contribution in [3.63, 3.8) is 0 Å². The van der Waals surface area contributed by atoms with Gasteiger partial charge in [-0.1, -0.05) is 78.3 Å². The minimum Gasteiger partial charge on any atom is -0.370 e. The fourth-order valence-corrected chi connectivity index (χ4v) is 4.58. The van der Waals surface area contributed by atoms with Crippen LogP contribution in [0.3, 0.4) is 0 Å². The van der Waals surface area contributed by atoms with E-state index in [-0.39, 0.29) is 12.3 Å². The Kier molecular flexibility index (Phi) is 6.15. The van der Waals surface area contributed by atoms with Crippen molar-refractivity contribution in [2.45, 2.75) is 13.0 Å². The predicted octanol–water partition coefficient (Wildman–Crippen LogP) is 6.86. The van der Waals surface area contributed by atoms with E-state index in [0.717, 1.165) is 28.6 Å². The van der Waals surface area contributed by atoms with Crippen LogP contribution in [-0.2, 0) is 17.8 Å². The van der Waals surface area contributed by atoms with Gasteiger partial charge in [0.05, 0.1) is 18.3 Å². The van der Waals surface area contributed by atoms with Gasteiger partial charge in [-0.05, 0) is 40.1 Å². The van der Waals surface area contributed by atoms with Crippen LogP contribution in [0.5, 0.6) is 0 Å². The number of carbonyl (C=O) groups excluding carboxylic acids is 1. The molecule has 168 valence electrons. The summed E-state index contributed by atoms with van der Waals surface area (Å²) in [5.74, 6) is -0.108. The van der Waals surface area contributed by atoms with Crippen molar-refractivity contribution in [1.29, 1.82) is 0 Å². The number of benzene rings is 4. The fourth-order valence-electron chi connectivity index (χ4n) is 4.33. The maximum Gasteiger partial charge on any atom is 0.228 e. The second kappa shape index (κ2) is 9.54. The molecule has 1 aromatic heterocycles. The Hall–Kier alpha value is -3.89. The van der Waals surface area contributed by atoms with Crippen LogP contribution < -0.4 is 10.2 Å². The average Bonchev–Trinajstić information content (AvgIpc) is 2.84. The molecule has 0 radical (unpaired) electrons. The first-order valence-electron chi connectivity index (χ1n) is 11.2. The van der Waals surface area contributed by atoms with Crippen LogP contribution in [0.4, 0.5) is 11.4 Å². The summed E-state index contributed by atoms with van der Waals surface area (Å²) in [6, 6.07) is 28.4. The van der Waals surface area contributed by atoms with Crippen LogP contribution in [0.1, 0.15) is 11.1 Å². The monoisotopic (exact) mass is 465 g/mol. The van der Waals surface area contributed by atoms with Crippen LogP contribution in [0.25, 0.3) is 21.5 Å². The number of pyridine rings is 1. The Labute approximate surface area is 203 Å². The number of amides is 1. The van der Waals surface area contributed by atoms with E-state index >= 15 is 0 Å². The molecule has 0 saturated carbocycles. The minimum absolute atomic E-state index is 0.108. The standard InChI is InChI=1S/C29H24ClN3O/c1-33(19-23-10-6-9-21-7-2-4-11-26(21)23)25-14-20(13-24(30)16-25)15-29(34)32-28-18-31-17-22-8-3-5-12-27(22)28/h2-14,16-18H,15,19H2,1H3,(H,32,34). The third kappa shape index (κ3) is 4.73. The molecule has 5 rings (SSSR count). The second-order valence-corrected chi connectivity index (χ2v) is 8.88. The van der Waals surface area contributed by atoms with Gasteiger partial charge in [-0.3, -0.25) is 9.78 Å². The highest BCUT2D eigenvalue weighted by molar-refractivity contribution is 6.31. The Morgan fingerprint density at radius 2 is 1.62 bits per heavy atom. The lowest BCUT2D eigenvalue weighted by molar-refractivity contribution is -0.115. The number of nitrogens with one attached hydrogen (secondary N) is 1. The maximum atomic E-state index is 12.9. The molecular weight excluding hydrogens is 442 g/mol. The van der Waals surface area contributed by atoms with E-state index in [2.05, 4.69) is 57.7 Å². The van der Waals surface area contributed by atoms with Crippen molar-refractivity contribution in [3.8, 4) is 0 Å². The molecule has 0 bridgehead atoms. The van der Waals surface area contributed by atoms with E-state index in [1.165, 1.54) is 16.3 Å². The fraction of sp³-hybridized carbons (Fsp3) is 0.103. The van der Waals surface area contributed by atoms with Gasteiger partial charge in [0.1, 0.15) is 0 Å². The van der Waals surface area contributed by atoms with E-state index in [4.69, 9.17) is 11.6 Å². The van der Waals surface area contributed by atoms with Crippen LogP contribution >= 0.6 is 11.6 Å². The van der Waals surface area contributed by atoms with Gasteiger partial charge in [-0.2, -0.15) is 0 Å². The summed E-state index contributed by atoms with van der Waals surface area (Å²) < 4.78 is 0. The topological polar surface area (TPSA) is 45.2 Å². The zero-order chi connectivity index (χ0) is 23.5. The zero-order valence-corrected chi connectivity index (χ0v) is 19.6. The molecule has 0 saturated heterocycles. The molecule has 0 aliphatic carbocycles. The first kappa shape index (κ1) is 21.9. The number of hydrogen-bond donors (Lipinski definition) is 1. The molecule has 1 heterocycles. The van der Waals surface area contributed by atoms with Gasteiger partial charge in [0.15, 0.2) is 0 Å². The van der Waals surface area contributed by atoms with E-state index < -0.39 is 0 Å². The Morgan fingerprint density at radius 1 is 0.882 bits per heavy atom. The molecule has 34 heavy (non-hydrogen) atoms. The number of carbonyl (C=O) groups is 1. The number of aromatic nitrogens is 1. The molecule has 0 aliphatic rings. The molecule has 0 fully saturated rings. The van der Waals surface area contributed by atoms with Crippen LogP contribution in [0, 0.1) is 0 Å². The van der Waals surface area contributed by atoms with Crippen molar-refractivity contribution in [3.05, 3.63) is 113 Å². The summed E-state index contributed by atoms with van der Waals surface area (Å²) in [6.07, 6.45) is 3.69. The van der Waals surface area contributed by atoms with Crippen molar-refractivity contribution in [1.82, 2.24) is 4.98 Å². The molecule has 5 heteroatoms. The SMILES string of the molecule is CN(Cc1cccc2ccccc12)c1cc(Cl)cc(CC(=O)Nc2cncc3ccccc23)c1. The van der Waals surface area contributed by atoms with Gasteiger partial charge < -0.3 is 10.2 Å². The number of fused-ring (bicyclic) bond motifs is 2. The number of halogens is 1. The lowest BCUT2D eigenvalue weighted by Gasteiger charge is -2.21. The van der Waals surface area contributed by atoms with E-state index in [1.54, 1.807) is 12.4 Å². The number of anilines is 2. The lowest BCUT2D eigenvalue weighted by atomic mass is 10.0. The normalized spacial score (nSPS) is 11.0. The summed E-state index contributed by atoms with van der Waals surface area (Å²) in [5.41, 5.74) is 3.77. The molecule has 0 aliphatic heterocycles. The van der Waals surface area contributed by atoms with Crippen molar-refractivity contribution < 1.29 is 4.79 Å². The summed E-state index contributed by atoms with van der Waals surface area (Å²) in [4.78, 5) is 19.3. The van der Waals surface area contributed by atoms with Crippen LogP contribution in [0.2, 0.25) is 5.02 Å². The van der Waals surface area contributed by atoms with Gasteiger partial charge in [0, 0.05) is 41.3 Å². The average molecular weight is 466 g/mol. The smallest absolute Gasteiger partial charge is 0.228 e. The Morgan fingerprint density at radius 3 is 2.47 bits per heavy atom. The summed E-state index contributed by atoms with van der Waals surface area (Å²) >= 11 is 6.45. The number of hydrogen-bond acceptors (Lipinski definition) is 3. The lowest BCUT2D eigenvalue weighted by Crippen LogP contribution is -2.18. The van der Waals surface area contributed by atoms with Gasteiger partial charge >= 0.3 is 0 Å². The first-order chi connectivity index (χ1) is 16.6. The molecule has 4 aromatic carbocycles. The maximum absolute atomic E-state index is 12.9. The van der Waals surface area contributed by atoms with Crippen LogP contribution in [0.15, 0.2) is 97.3 Å². The van der Waals surface area contributed by atoms with E-state index in [1.807, 2.05) is 49.5 Å². The summed E-state index contributed by atoms with van der Waals surface area (Å²) in [7, 11) is 2.04. The van der Waals surface area contributed by atoms with Gasteiger partial charge in [-0.25, -0.2) is 0 Å². The molecular formula is C29H24ClN3O. The van der Waals surface area contributed by atoms with E-state index in [0.29, 0.717) is 10.7 Å². The third-order valence-electron chi connectivity index (χ3n) is 5.98. The molecule has 0 spiro atoms. The predicted molar refractivity (Wildman–Crippen MR) is 142 cm³/mol. The van der Waals surface area contributed by atoms with Gasteiger partial charge in [-0.15, -0.1) is 0 Å². The van der Waals surface area contributed by atoms with Crippen molar-refractivity contribution in [2.75, 3.05) is 17.3 Å². The van der Waals surface area contributed by atoms with Crippen molar-refractivity contribution >= 4 is 50.4 Å². The molecule has 1 N–H and O–H groups in total. The van der Waals surface area contributed by atoms with Gasteiger partial charge in [0.2, 0.25) is 5.91 Å². The second-order valence-electron chi connectivity index (χ2n) is 8.45. The quantitative estimate of drug-likeness (QED) is 0.298. The van der Waals surface area contributed by atoms with Gasteiger partial charge in [0.25, 0.3) is 0 Å². The minimum atomic E-state index is -0.108. The molecule has 0 atom stereocenters. The largest absolute Gasteiger partial charge is 0.370 e. The third-order valence-corrected chi connectivity index (χ3v) is 6.20. The highest BCUT2D eigenvalue weighted by Gasteiger charge is 2.12. The highest BCUT2D eigenvalue weighted by Crippen LogP contribution is 2.27. The number of nitrogens with zero attached hydrogens (tertiary/aromatic N) is 2. The van der Waals surface area contributed by atoms with Crippen LogP contribution in [-0.4, -0.2) is 17.9 Å². The molecule has 0 unspecified atom stereocenters. The summed E-state index contributed by atoms with van der Waals surface area (Å²) in [5, 5.41) is 8.02. The van der Waals surface area contributed by atoms with Crippen molar-refractivity contribution in [2.24, 2.45) is 0 Å². The zero-order valence-electron chi connectivity index (χ0n) is 18.8. The Balaban J connectivity index is 1.34. The number of rotatable bonds is 6. The Bertz CT molecular complexity index is 1490. The highest BCUT2D eigenvalue weighted by atomic mass is 35.5. The molecule has 1 amide bonds. The first-order valence-corrected chi connectivity index (χ1v) is 11.5. The van der Waals surface area contributed by atoms with E-state index in [9.17, 15) is 4.79 Å². The molecule has 5 aromatic rings. The molecule has 4 nitrogen and oxygen atoms in total.